The average molecular weight is 867 g/mol. The van der Waals surface area contributed by atoms with E-state index >= 15 is 0 Å². The third-order valence-corrected chi connectivity index (χ3v) is 13.2. The molecule has 0 aromatic heterocycles. The molecule has 0 amide bonds. The Morgan fingerprint density at radius 3 is 0.735 bits per heavy atom. The van der Waals surface area contributed by atoms with Gasteiger partial charge in [0.1, 0.15) is 0 Å². The normalized spacial score (nSPS) is 11.5. The van der Waals surface area contributed by atoms with Crippen LogP contribution < -0.4 is 9.80 Å². The number of para-hydroxylation sites is 2. The summed E-state index contributed by atoms with van der Waals surface area (Å²) >= 11 is 0. The summed E-state index contributed by atoms with van der Waals surface area (Å²) in [6.45, 7) is 0. The molecule has 0 unspecified atom stereocenters. The van der Waals surface area contributed by atoms with E-state index in [9.17, 15) is 0 Å². The first-order valence-corrected chi connectivity index (χ1v) is 23.3. The molecule has 0 aliphatic carbocycles. The maximum absolute atomic E-state index is 2.42. The fourth-order valence-corrected chi connectivity index (χ4v) is 10.2. The van der Waals surface area contributed by atoms with E-state index in [-0.39, 0.29) is 0 Å². The van der Waals surface area contributed by atoms with E-state index in [4.69, 9.17) is 0 Å². The molecule has 0 aliphatic rings. The molecule has 0 fully saturated rings. The minimum Gasteiger partial charge on any atom is -0.309 e. The van der Waals surface area contributed by atoms with Crippen molar-refractivity contribution in [2.75, 3.05) is 9.80 Å². The lowest BCUT2D eigenvalue weighted by molar-refractivity contribution is 1.31. The van der Waals surface area contributed by atoms with Gasteiger partial charge in [-0.3, -0.25) is 0 Å². The number of rotatable bonds is 10. The smallest absolute Gasteiger partial charge is 0.0618 e. The van der Waals surface area contributed by atoms with Crippen LogP contribution in [0.2, 0.25) is 0 Å². The monoisotopic (exact) mass is 866 g/mol. The summed E-state index contributed by atoms with van der Waals surface area (Å²) < 4.78 is 0. The molecule has 0 radical (unpaired) electrons. The highest BCUT2D eigenvalue weighted by Crippen LogP contribution is 2.50. The molecule has 0 aliphatic heterocycles. The molecular formula is C66H46N2. The molecule has 12 aromatic carbocycles. The Balaban J connectivity index is 0.914. The Bertz CT molecular complexity index is 3390. The number of hydrogen-bond acceptors (Lipinski definition) is 2. The molecule has 2 heteroatoms. The second kappa shape index (κ2) is 17.8. The topological polar surface area (TPSA) is 6.48 Å². The Morgan fingerprint density at radius 2 is 0.441 bits per heavy atom. The van der Waals surface area contributed by atoms with Gasteiger partial charge in [0.25, 0.3) is 0 Å². The van der Waals surface area contributed by atoms with Crippen molar-refractivity contribution in [2.45, 2.75) is 0 Å². The maximum Gasteiger partial charge on any atom is 0.0618 e. The highest BCUT2D eigenvalue weighted by molar-refractivity contribution is 6.23. The first-order valence-electron chi connectivity index (χ1n) is 23.3. The van der Waals surface area contributed by atoms with Crippen molar-refractivity contribution >= 4 is 89.4 Å². The van der Waals surface area contributed by atoms with E-state index in [0.29, 0.717) is 0 Å². The highest BCUT2D eigenvalue weighted by atomic mass is 15.2. The zero-order valence-electron chi connectivity index (χ0n) is 37.5. The molecule has 0 heterocycles. The van der Waals surface area contributed by atoms with Crippen molar-refractivity contribution < 1.29 is 0 Å². The predicted octanol–water partition coefficient (Wildman–Crippen LogP) is 18.7. The van der Waals surface area contributed by atoms with E-state index in [1.165, 1.54) is 76.7 Å². The van der Waals surface area contributed by atoms with Gasteiger partial charge in [-0.05, 0) is 103 Å². The van der Waals surface area contributed by atoms with Crippen molar-refractivity contribution in [3.63, 3.8) is 0 Å². The molecule has 12 aromatic rings. The number of benzene rings is 12. The van der Waals surface area contributed by atoms with Crippen molar-refractivity contribution in [2.24, 2.45) is 0 Å². The van der Waals surface area contributed by atoms with E-state index in [1.54, 1.807) is 0 Å². The second-order valence-corrected chi connectivity index (χ2v) is 17.2. The fourth-order valence-electron chi connectivity index (χ4n) is 10.2. The number of nitrogens with zero attached hydrogens (tertiary/aromatic N) is 2. The van der Waals surface area contributed by atoms with Crippen LogP contribution in [-0.2, 0) is 0 Å². The van der Waals surface area contributed by atoms with Gasteiger partial charge in [0.2, 0.25) is 0 Å². The number of fused-ring (bicyclic) bond motifs is 4. The van der Waals surface area contributed by atoms with Gasteiger partial charge in [0, 0.05) is 44.3 Å². The van der Waals surface area contributed by atoms with Crippen LogP contribution in [0.5, 0.6) is 0 Å². The van der Waals surface area contributed by atoms with Gasteiger partial charge < -0.3 is 9.80 Å². The standard InChI is InChI=1S/C66H46N2/c1-5-21-49(22-6-1)63-55-29-13-17-33-59(55)65(60-34-18-14-30-56(60)63)67(51-25-9-3-10-26-51)53-43-39-47(40-44-53)37-38-48-41-45-54(46-42-48)68(52-27-11-4-12-28-52)66-61-35-19-15-31-57(61)64(50-23-7-2-8-24-50)58-32-16-20-36-62(58)66/h1-46H. The molecule has 0 saturated carbocycles. The van der Waals surface area contributed by atoms with E-state index in [0.717, 1.165) is 33.9 Å². The zero-order valence-corrected chi connectivity index (χ0v) is 37.5. The van der Waals surface area contributed by atoms with Crippen LogP contribution in [0.4, 0.5) is 34.1 Å². The molecule has 0 atom stereocenters. The fraction of sp³-hybridized carbons (Fsp3) is 0. The van der Waals surface area contributed by atoms with Crippen molar-refractivity contribution in [1.82, 2.24) is 0 Å². The predicted molar refractivity (Wildman–Crippen MR) is 292 cm³/mol. The quantitative estimate of drug-likeness (QED) is 0.0998. The first-order chi connectivity index (χ1) is 33.8. The molecule has 0 saturated heterocycles. The second-order valence-electron chi connectivity index (χ2n) is 17.2. The third-order valence-electron chi connectivity index (χ3n) is 13.2. The summed E-state index contributed by atoms with van der Waals surface area (Å²) in [4.78, 5) is 4.84. The zero-order chi connectivity index (χ0) is 45.2. The lowest BCUT2D eigenvalue weighted by atomic mass is 9.90. The Kier molecular flexibility index (Phi) is 10.6. The van der Waals surface area contributed by atoms with Gasteiger partial charge in [0.15, 0.2) is 0 Å². The molecular weight excluding hydrogens is 821 g/mol. The van der Waals surface area contributed by atoms with Gasteiger partial charge in [-0.25, -0.2) is 0 Å². The van der Waals surface area contributed by atoms with Gasteiger partial charge in [0.05, 0.1) is 11.4 Å². The Hall–Kier alpha value is -8.98. The number of anilines is 6. The first kappa shape index (κ1) is 40.5. The van der Waals surface area contributed by atoms with Gasteiger partial charge in [-0.2, -0.15) is 0 Å². The summed E-state index contributed by atoms with van der Waals surface area (Å²) in [5, 5.41) is 9.75. The van der Waals surface area contributed by atoms with E-state index < -0.39 is 0 Å². The van der Waals surface area contributed by atoms with Crippen LogP contribution in [0.15, 0.2) is 267 Å². The molecule has 320 valence electrons. The van der Waals surface area contributed by atoms with E-state index in [2.05, 4.69) is 289 Å². The van der Waals surface area contributed by atoms with Crippen molar-refractivity contribution in [3.8, 4) is 22.3 Å². The molecule has 0 bridgehead atoms. The maximum atomic E-state index is 2.42. The highest BCUT2D eigenvalue weighted by Gasteiger charge is 2.24. The molecule has 0 spiro atoms. The largest absolute Gasteiger partial charge is 0.309 e. The molecule has 0 N–H and O–H groups in total. The molecule has 12 rings (SSSR count). The number of hydrogen-bond donors (Lipinski definition) is 0. The SMILES string of the molecule is C(=Cc1ccc(N(c2ccccc2)c2c3ccccc3c(-c3ccccc3)c3ccccc23)cc1)c1ccc(N(c2ccccc2)c2c3ccccc3c(-c3ccccc3)c3ccccc23)cc1. The Morgan fingerprint density at radius 1 is 0.206 bits per heavy atom. The lowest BCUT2D eigenvalue weighted by Gasteiger charge is -2.29. The minimum absolute atomic E-state index is 1.10. The third kappa shape index (κ3) is 7.35. The van der Waals surface area contributed by atoms with Crippen molar-refractivity contribution in [1.29, 1.82) is 0 Å². The summed E-state index contributed by atoms with van der Waals surface area (Å²) in [5.74, 6) is 0. The lowest BCUT2D eigenvalue weighted by Crippen LogP contribution is -2.11. The van der Waals surface area contributed by atoms with Crippen LogP contribution in [0.1, 0.15) is 11.1 Å². The van der Waals surface area contributed by atoms with Crippen LogP contribution in [-0.4, -0.2) is 0 Å². The van der Waals surface area contributed by atoms with Crippen LogP contribution >= 0.6 is 0 Å². The molecule has 2 nitrogen and oxygen atoms in total. The minimum atomic E-state index is 1.10. The van der Waals surface area contributed by atoms with Gasteiger partial charge in [-0.1, -0.05) is 231 Å². The summed E-state index contributed by atoms with van der Waals surface area (Å²) in [7, 11) is 0. The van der Waals surface area contributed by atoms with E-state index in [1.807, 2.05) is 0 Å². The Labute approximate surface area is 397 Å². The molecule has 68 heavy (non-hydrogen) atoms. The van der Waals surface area contributed by atoms with Crippen LogP contribution in [0.3, 0.4) is 0 Å². The van der Waals surface area contributed by atoms with Crippen LogP contribution in [0.25, 0.3) is 77.5 Å². The summed E-state index contributed by atoms with van der Waals surface area (Å²) in [6.07, 6.45) is 4.42. The summed E-state index contributed by atoms with van der Waals surface area (Å²) in [5.41, 5.74) is 13.9. The summed E-state index contributed by atoms with van der Waals surface area (Å²) in [6, 6.07) is 96.4. The van der Waals surface area contributed by atoms with Crippen molar-refractivity contribution in [3.05, 3.63) is 278 Å². The van der Waals surface area contributed by atoms with Gasteiger partial charge in [-0.15, -0.1) is 0 Å². The average Bonchev–Trinajstić information content (AvgIpc) is 3.42. The van der Waals surface area contributed by atoms with Gasteiger partial charge >= 0.3 is 0 Å². The van der Waals surface area contributed by atoms with Crippen LogP contribution in [0, 0.1) is 0 Å².